The van der Waals surface area contributed by atoms with E-state index in [2.05, 4.69) is 16.7 Å². The van der Waals surface area contributed by atoms with Gasteiger partial charge in [0.1, 0.15) is 0 Å². The summed E-state index contributed by atoms with van der Waals surface area (Å²) in [6.07, 6.45) is 6.37. The Hall–Kier alpha value is -0.120. The Morgan fingerprint density at radius 1 is 1.00 bits per heavy atom. The van der Waals surface area contributed by atoms with Crippen molar-refractivity contribution in [3.05, 3.63) is 0 Å². The maximum absolute atomic E-state index is 9.76. The predicted octanol–water partition coefficient (Wildman–Crippen LogP) is 1.32. The fourth-order valence-electron chi connectivity index (χ4n) is 3.32. The van der Waals surface area contributed by atoms with Gasteiger partial charge in [-0.3, -0.25) is 4.90 Å². The molecule has 0 radical (unpaired) electrons. The first-order valence-corrected chi connectivity index (χ1v) is 6.89. The number of hydrogen-bond donors (Lipinski definition) is 1. The summed E-state index contributed by atoms with van der Waals surface area (Å²) >= 11 is 0. The Balaban J connectivity index is 1.94. The minimum absolute atomic E-state index is 0.137. The molecule has 0 aromatic heterocycles. The van der Waals surface area contributed by atoms with Crippen LogP contribution in [0.5, 0.6) is 0 Å². The van der Waals surface area contributed by atoms with Crippen LogP contribution in [0, 0.1) is 0 Å². The minimum atomic E-state index is 0.137. The van der Waals surface area contributed by atoms with Gasteiger partial charge in [-0.25, -0.2) is 0 Å². The molecule has 94 valence electrons. The molecule has 1 aliphatic carbocycles. The second kappa shape index (κ2) is 5.48. The van der Waals surface area contributed by atoms with Crippen molar-refractivity contribution in [3.8, 4) is 0 Å². The quantitative estimate of drug-likeness (QED) is 0.786. The summed E-state index contributed by atoms with van der Waals surface area (Å²) in [7, 11) is 0. The van der Waals surface area contributed by atoms with Gasteiger partial charge in [0.25, 0.3) is 0 Å². The highest BCUT2D eigenvalue weighted by molar-refractivity contribution is 4.94. The van der Waals surface area contributed by atoms with Gasteiger partial charge in [-0.1, -0.05) is 26.2 Å². The average molecular weight is 226 g/mol. The molecular formula is C13H26N2O. The summed E-state index contributed by atoms with van der Waals surface area (Å²) in [4.78, 5) is 5.07. The van der Waals surface area contributed by atoms with E-state index in [0.29, 0.717) is 6.61 Å². The molecule has 2 aliphatic rings. The van der Waals surface area contributed by atoms with Crippen LogP contribution in [0.2, 0.25) is 0 Å². The van der Waals surface area contributed by atoms with Gasteiger partial charge < -0.3 is 10.0 Å². The molecule has 0 unspecified atom stereocenters. The van der Waals surface area contributed by atoms with E-state index in [1.54, 1.807) is 0 Å². The molecule has 1 N–H and O–H groups in total. The highest BCUT2D eigenvalue weighted by Gasteiger charge is 2.38. The first kappa shape index (κ1) is 12.3. The fourth-order valence-corrected chi connectivity index (χ4v) is 3.32. The second-order valence-electron chi connectivity index (χ2n) is 5.36. The zero-order valence-corrected chi connectivity index (χ0v) is 10.6. The van der Waals surface area contributed by atoms with Gasteiger partial charge in [0.05, 0.1) is 6.61 Å². The molecule has 1 aliphatic heterocycles. The molecular weight excluding hydrogens is 200 g/mol. The number of likely N-dealkylation sites (N-methyl/N-ethyl adjacent to an activating group) is 1. The molecule has 0 spiro atoms. The lowest BCUT2D eigenvalue weighted by atomic mass is 9.80. The minimum Gasteiger partial charge on any atom is -0.394 e. The third-order valence-corrected chi connectivity index (χ3v) is 4.57. The zero-order valence-electron chi connectivity index (χ0n) is 10.6. The zero-order chi connectivity index (χ0) is 11.4. The number of aliphatic hydroxyl groups excluding tert-OH is 1. The van der Waals surface area contributed by atoms with Crippen molar-refractivity contribution in [2.24, 2.45) is 0 Å². The van der Waals surface area contributed by atoms with E-state index in [1.165, 1.54) is 51.7 Å². The topological polar surface area (TPSA) is 26.7 Å². The van der Waals surface area contributed by atoms with Gasteiger partial charge in [0, 0.05) is 31.7 Å². The van der Waals surface area contributed by atoms with Crippen molar-refractivity contribution in [2.45, 2.75) is 44.6 Å². The molecule has 2 rings (SSSR count). The van der Waals surface area contributed by atoms with Gasteiger partial charge in [0.2, 0.25) is 0 Å². The van der Waals surface area contributed by atoms with Crippen molar-refractivity contribution in [2.75, 3.05) is 39.3 Å². The summed E-state index contributed by atoms with van der Waals surface area (Å²) in [6.45, 7) is 8.41. The third-order valence-electron chi connectivity index (χ3n) is 4.57. The van der Waals surface area contributed by atoms with Crippen LogP contribution in [0.15, 0.2) is 0 Å². The molecule has 1 saturated carbocycles. The second-order valence-corrected chi connectivity index (χ2v) is 5.36. The molecule has 3 nitrogen and oxygen atoms in total. The van der Waals surface area contributed by atoms with Gasteiger partial charge in [-0.05, 0) is 19.4 Å². The maximum atomic E-state index is 9.76. The molecule has 0 bridgehead atoms. The first-order chi connectivity index (χ1) is 7.80. The van der Waals surface area contributed by atoms with Crippen LogP contribution < -0.4 is 0 Å². The predicted molar refractivity (Wildman–Crippen MR) is 66.6 cm³/mol. The Kier molecular flexibility index (Phi) is 4.22. The molecule has 16 heavy (non-hydrogen) atoms. The van der Waals surface area contributed by atoms with Gasteiger partial charge in [-0.2, -0.15) is 0 Å². The van der Waals surface area contributed by atoms with E-state index >= 15 is 0 Å². The Bertz CT molecular complexity index is 206. The smallest absolute Gasteiger partial charge is 0.0615 e. The van der Waals surface area contributed by atoms with E-state index in [0.717, 1.165) is 13.1 Å². The standard InChI is InChI=1S/C13H26N2O/c1-2-14-8-10-15(11-9-14)13(12-16)6-4-3-5-7-13/h16H,2-12H2,1H3. The van der Waals surface area contributed by atoms with E-state index in [9.17, 15) is 5.11 Å². The molecule has 1 heterocycles. The lowest BCUT2D eigenvalue weighted by Gasteiger charge is -2.48. The average Bonchev–Trinajstić information content (AvgIpc) is 2.39. The van der Waals surface area contributed by atoms with Gasteiger partial charge >= 0.3 is 0 Å². The molecule has 0 aromatic carbocycles. The summed E-state index contributed by atoms with van der Waals surface area (Å²) in [5, 5.41) is 9.76. The normalized spacial score (nSPS) is 28.1. The van der Waals surface area contributed by atoms with Gasteiger partial charge in [0.15, 0.2) is 0 Å². The monoisotopic (exact) mass is 226 g/mol. The van der Waals surface area contributed by atoms with Crippen LogP contribution in [0.3, 0.4) is 0 Å². The number of hydrogen-bond acceptors (Lipinski definition) is 3. The van der Waals surface area contributed by atoms with Crippen molar-refractivity contribution < 1.29 is 5.11 Å². The van der Waals surface area contributed by atoms with Crippen LogP contribution in [-0.4, -0.2) is 59.8 Å². The number of piperazine rings is 1. The van der Waals surface area contributed by atoms with Gasteiger partial charge in [-0.15, -0.1) is 0 Å². The highest BCUT2D eigenvalue weighted by Crippen LogP contribution is 2.33. The Morgan fingerprint density at radius 3 is 2.12 bits per heavy atom. The molecule has 2 fully saturated rings. The summed E-state index contributed by atoms with van der Waals surface area (Å²) < 4.78 is 0. The largest absolute Gasteiger partial charge is 0.394 e. The van der Waals surface area contributed by atoms with Crippen molar-refractivity contribution in [1.82, 2.24) is 9.80 Å². The van der Waals surface area contributed by atoms with Crippen molar-refractivity contribution in [1.29, 1.82) is 0 Å². The lowest BCUT2D eigenvalue weighted by Crippen LogP contribution is -2.59. The SMILES string of the molecule is CCN1CCN(C2(CO)CCCCC2)CC1. The van der Waals surface area contributed by atoms with Crippen LogP contribution in [0.4, 0.5) is 0 Å². The van der Waals surface area contributed by atoms with E-state index in [4.69, 9.17) is 0 Å². The summed E-state index contributed by atoms with van der Waals surface area (Å²) in [5.74, 6) is 0. The number of nitrogens with zero attached hydrogens (tertiary/aromatic N) is 2. The molecule has 0 aromatic rings. The molecule has 3 heteroatoms. The maximum Gasteiger partial charge on any atom is 0.0615 e. The van der Waals surface area contributed by atoms with E-state index < -0.39 is 0 Å². The third kappa shape index (κ3) is 2.41. The Morgan fingerprint density at radius 2 is 1.62 bits per heavy atom. The van der Waals surface area contributed by atoms with Crippen LogP contribution >= 0.6 is 0 Å². The van der Waals surface area contributed by atoms with E-state index in [-0.39, 0.29) is 5.54 Å². The summed E-state index contributed by atoms with van der Waals surface area (Å²) in [6, 6.07) is 0. The Labute approximate surface area is 99.4 Å². The van der Waals surface area contributed by atoms with Crippen molar-refractivity contribution >= 4 is 0 Å². The summed E-state index contributed by atoms with van der Waals surface area (Å²) in [5.41, 5.74) is 0.137. The van der Waals surface area contributed by atoms with Crippen LogP contribution in [0.25, 0.3) is 0 Å². The number of rotatable bonds is 3. The number of aliphatic hydroxyl groups is 1. The lowest BCUT2D eigenvalue weighted by molar-refractivity contribution is -0.0263. The van der Waals surface area contributed by atoms with Crippen LogP contribution in [-0.2, 0) is 0 Å². The molecule has 1 saturated heterocycles. The fraction of sp³-hybridized carbons (Fsp3) is 1.00. The first-order valence-electron chi connectivity index (χ1n) is 6.89. The van der Waals surface area contributed by atoms with Crippen LogP contribution in [0.1, 0.15) is 39.0 Å². The molecule has 0 atom stereocenters. The molecule has 0 amide bonds. The van der Waals surface area contributed by atoms with Crippen molar-refractivity contribution in [3.63, 3.8) is 0 Å². The highest BCUT2D eigenvalue weighted by atomic mass is 16.3. The van der Waals surface area contributed by atoms with E-state index in [1.807, 2.05) is 0 Å².